The molecule has 2 rings (SSSR count). The summed E-state index contributed by atoms with van der Waals surface area (Å²) in [6, 6.07) is 6.71. The van der Waals surface area contributed by atoms with Gasteiger partial charge >= 0.3 is 0 Å². The molecule has 88 valence electrons. The van der Waals surface area contributed by atoms with E-state index < -0.39 is 0 Å². The van der Waals surface area contributed by atoms with E-state index in [1.54, 1.807) is 0 Å². The molecule has 0 radical (unpaired) electrons. The third-order valence-electron chi connectivity index (χ3n) is 3.10. The highest BCUT2D eigenvalue weighted by Gasteiger charge is 2.20. The van der Waals surface area contributed by atoms with E-state index in [9.17, 15) is 0 Å². The Morgan fingerprint density at radius 3 is 2.69 bits per heavy atom. The SMILES string of the molecule is CC(CCNC1CC1)c1ccc(Cl)c(Cl)c1. The number of nitrogens with one attached hydrogen (secondary N) is 1. The summed E-state index contributed by atoms with van der Waals surface area (Å²) in [6.45, 7) is 3.32. The first kappa shape index (κ1) is 12.2. The van der Waals surface area contributed by atoms with Gasteiger partial charge in [-0.15, -0.1) is 0 Å². The van der Waals surface area contributed by atoms with Crippen molar-refractivity contribution in [3.05, 3.63) is 33.8 Å². The van der Waals surface area contributed by atoms with E-state index in [0.29, 0.717) is 16.0 Å². The zero-order valence-electron chi connectivity index (χ0n) is 9.47. The van der Waals surface area contributed by atoms with Gasteiger partial charge in [-0.3, -0.25) is 0 Å². The summed E-state index contributed by atoms with van der Waals surface area (Å²) in [5.41, 5.74) is 1.27. The van der Waals surface area contributed by atoms with Crippen LogP contribution in [0.15, 0.2) is 18.2 Å². The van der Waals surface area contributed by atoms with E-state index in [4.69, 9.17) is 23.2 Å². The molecule has 3 heteroatoms. The highest BCUT2D eigenvalue weighted by Crippen LogP contribution is 2.28. The molecular formula is C13H17Cl2N. The van der Waals surface area contributed by atoms with E-state index in [1.165, 1.54) is 18.4 Å². The lowest BCUT2D eigenvalue weighted by Gasteiger charge is -2.13. The monoisotopic (exact) mass is 257 g/mol. The molecule has 1 N–H and O–H groups in total. The maximum Gasteiger partial charge on any atom is 0.0595 e. The molecule has 1 saturated carbocycles. The quantitative estimate of drug-likeness (QED) is 0.832. The molecule has 1 aliphatic rings. The standard InChI is InChI=1S/C13H17Cl2N/c1-9(6-7-16-11-3-4-11)10-2-5-12(14)13(15)8-10/h2,5,8-9,11,16H,3-4,6-7H2,1H3. The van der Waals surface area contributed by atoms with Gasteiger partial charge in [0.25, 0.3) is 0 Å². The fourth-order valence-corrected chi connectivity index (χ4v) is 2.08. The van der Waals surface area contributed by atoms with E-state index in [1.807, 2.05) is 12.1 Å². The lowest BCUT2D eigenvalue weighted by atomic mass is 9.98. The van der Waals surface area contributed by atoms with Crippen LogP contribution in [0.1, 0.15) is 37.7 Å². The van der Waals surface area contributed by atoms with Crippen molar-refractivity contribution in [2.24, 2.45) is 0 Å². The Bertz CT molecular complexity index is 361. The molecule has 1 atom stereocenters. The van der Waals surface area contributed by atoms with Crippen molar-refractivity contribution in [1.82, 2.24) is 5.32 Å². The largest absolute Gasteiger partial charge is 0.314 e. The molecule has 0 heterocycles. The molecule has 1 aliphatic carbocycles. The zero-order chi connectivity index (χ0) is 11.5. The first-order valence-corrected chi connectivity index (χ1v) is 6.60. The number of rotatable bonds is 5. The van der Waals surface area contributed by atoms with Crippen molar-refractivity contribution in [2.45, 2.75) is 38.1 Å². The third kappa shape index (κ3) is 3.38. The second kappa shape index (κ2) is 5.39. The Labute approximate surface area is 107 Å². The minimum absolute atomic E-state index is 0.529. The van der Waals surface area contributed by atoms with Crippen LogP contribution in [0.2, 0.25) is 10.0 Å². The molecule has 1 fully saturated rings. The van der Waals surface area contributed by atoms with Crippen LogP contribution < -0.4 is 5.32 Å². The van der Waals surface area contributed by atoms with E-state index >= 15 is 0 Å². The van der Waals surface area contributed by atoms with Crippen molar-refractivity contribution in [1.29, 1.82) is 0 Å². The molecule has 0 spiro atoms. The molecule has 16 heavy (non-hydrogen) atoms. The molecule has 0 bridgehead atoms. The van der Waals surface area contributed by atoms with Crippen LogP contribution in [0.25, 0.3) is 0 Å². The zero-order valence-corrected chi connectivity index (χ0v) is 11.0. The fourth-order valence-electron chi connectivity index (χ4n) is 1.78. The summed E-state index contributed by atoms with van der Waals surface area (Å²) >= 11 is 11.9. The molecule has 0 aromatic heterocycles. The summed E-state index contributed by atoms with van der Waals surface area (Å²) in [5, 5.41) is 4.81. The van der Waals surface area contributed by atoms with Gasteiger partial charge in [-0.1, -0.05) is 36.2 Å². The average Bonchev–Trinajstić information content (AvgIpc) is 3.06. The van der Waals surface area contributed by atoms with Crippen LogP contribution in [-0.4, -0.2) is 12.6 Å². The highest BCUT2D eigenvalue weighted by molar-refractivity contribution is 6.42. The molecule has 0 aliphatic heterocycles. The van der Waals surface area contributed by atoms with Gasteiger partial charge in [0.05, 0.1) is 10.0 Å². The van der Waals surface area contributed by atoms with Crippen molar-refractivity contribution < 1.29 is 0 Å². The van der Waals surface area contributed by atoms with Crippen molar-refractivity contribution >= 4 is 23.2 Å². The normalized spacial score (nSPS) is 17.4. The van der Waals surface area contributed by atoms with Crippen LogP contribution in [0, 0.1) is 0 Å². The first-order valence-electron chi connectivity index (χ1n) is 5.85. The summed E-state index contributed by atoms with van der Waals surface area (Å²) < 4.78 is 0. The average molecular weight is 258 g/mol. The maximum absolute atomic E-state index is 6.00. The lowest BCUT2D eigenvalue weighted by Crippen LogP contribution is -2.18. The Hall–Kier alpha value is -0.240. The topological polar surface area (TPSA) is 12.0 Å². The second-order valence-electron chi connectivity index (χ2n) is 4.59. The number of hydrogen-bond donors (Lipinski definition) is 1. The number of halogens is 2. The van der Waals surface area contributed by atoms with Gasteiger partial charge in [-0.2, -0.15) is 0 Å². The number of hydrogen-bond acceptors (Lipinski definition) is 1. The van der Waals surface area contributed by atoms with Gasteiger partial charge in [0.15, 0.2) is 0 Å². The van der Waals surface area contributed by atoms with E-state index in [2.05, 4.69) is 18.3 Å². The van der Waals surface area contributed by atoms with Gasteiger partial charge in [0.1, 0.15) is 0 Å². The number of benzene rings is 1. The van der Waals surface area contributed by atoms with Crippen molar-refractivity contribution in [2.75, 3.05) is 6.54 Å². The molecular weight excluding hydrogens is 241 g/mol. The van der Waals surface area contributed by atoms with Crippen LogP contribution >= 0.6 is 23.2 Å². The van der Waals surface area contributed by atoms with Gasteiger partial charge in [-0.25, -0.2) is 0 Å². The summed E-state index contributed by atoms with van der Waals surface area (Å²) in [7, 11) is 0. The summed E-state index contributed by atoms with van der Waals surface area (Å²) in [4.78, 5) is 0. The lowest BCUT2D eigenvalue weighted by molar-refractivity contribution is 0.592. The Kier molecular flexibility index (Phi) is 4.12. The maximum atomic E-state index is 6.00. The van der Waals surface area contributed by atoms with Crippen molar-refractivity contribution in [3.63, 3.8) is 0 Å². The Morgan fingerprint density at radius 1 is 1.31 bits per heavy atom. The minimum atomic E-state index is 0.529. The summed E-state index contributed by atoms with van der Waals surface area (Å²) in [6.07, 6.45) is 3.84. The highest BCUT2D eigenvalue weighted by atomic mass is 35.5. The smallest absolute Gasteiger partial charge is 0.0595 e. The molecule has 1 aromatic rings. The fraction of sp³-hybridized carbons (Fsp3) is 0.538. The van der Waals surface area contributed by atoms with Crippen LogP contribution in [0.4, 0.5) is 0 Å². The van der Waals surface area contributed by atoms with Crippen LogP contribution in [0.5, 0.6) is 0 Å². The second-order valence-corrected chi connectivity index (χ2v) is 5.41. The molecule has 1 aromatic carbocycles. The van der Waals surface area contributed by atoms with Crippen LogP contribution in [0.3, 0.4) is 0 Å². The van der Waals surface area contributed by atoms with E-state index in [0.717, 1.165) is 19.0 Å². The van der Waals surface area contributed by atoms with E-state index in [-0.39, 0.29) is 0 Å². The molecule has 1 nitrogen and oxygen atoms in total. The Balaban J connectivity index is 1.86. The predicted octanol–water partition coefficient (Wildman–Crippen LogP) is 4.24. The summed E-state index contributed by atoms with van der Waals surface area (Å²) in [5.74, 6) is 0.529. The van der Waals surface area contributed by atoms with Gasteiger partial charge < -0.3 is 5.32 Å². The predicted molar refractivity (Wildman–Crippen MR) is 70.5 cm³/mol. The minimum Gasteiger partial charge on any atom is -0.314 e. The first-order chi connectivity index (χ1) is 7.66. The Morgan fingerprint density at radius 2 is 2.06 bits per heavy atom. The third-order valence-corrected chi connectivity index (χ3v) is 3.84. The molecule has 0 amide bonds. The van der Waals surface area contributed by atoms with Gasteiger partial charge in [-0.05, 0) is 49.4 Å². The van der Waals surface area contributed by atoms with Crippen LogP contribution in [-0.2, 0) is 0 Å². The van der Waals surface area contributed by atoms with Crippen molar-refractivity contribution in [3.8, 4) is 0 Å². The van der Waals surface area contributed by atoms with Gasteiger partial charge in [0, 0.05) is 6.04 Å². The molecule has 1 unspecified atom stereocenters. The van der Waals surface area contributed by atoms with Gasteiger partial charge in [0.2, 0.25) is 0 Å². The molecule has 0 saturated heterocycles.